The van der Waals surface area contributed by atoms with Crippen LogP contribution >= 0.6 is 46.4 Å². The summed E-state index contributed by atoms with van der Waals surface area (Å²) in [6, 6.07) is 5.22. The summed E-state index contributed by atoms with van der Waals surface area (Å²) in [7, 11) is -4.09. The van der Waals surface area contributed by atoms with E-state index in [2.05, 4.69) is 4.98 Å². The SMILES string of the molecule is O=S(=O)(Oc1ccc(Cl)c(Cl)c1)c1cnc(Cl)c(Cl)c1. The van der Waals surface area contributed by atoms with Crippen molar-refractivity contribution in [3.05, 3.63) is 50.7 Å². The van der Waals surface area contributed by atoms with E-state index in [1.54, 1.807) is 0 Å². The Balaban J connectivity index is 2.35. The van der Waals surface area contributed by atoms with Gasteiger partial charge in [-0.25, -0.2) is 4.98 Å². The molecule has 0 fully saturated rings. The molecule has 0 saturated heterocycles. The quantitative estimate of drug-likeness (QED) is 0.589. The van der Waals surface area contributed by atoms with Gasteiger partial charge in [-0.05, 0) is 18.2 Å². The summed E-state index contributed by atoms with van der Waals surface area (Å²) < 4.78 is 28.9. The highest BCUT2D eigenvalue weighted by molar-refractivity contribution is 7.87. The molecule has 106 valence electrons. The Hall–Kier alpha value is -0.720. The summed E-state index contributed by atoms with van der Waals surface area (Å²) in [5.41, 5.74) is 0. The predicted octanol–water partition coefficient (Wildman–Crippen LogP) is 4.46. The smallest absolute Gasteiger partial charge is 0.340 e. The summed E-state index contributed by atoms with van der Waals surface area (Å²) in [5.74, 6) is 0.0190. The van der Waals surface area contributed by atoms with Gasteiger partial charge in [-0.3, -0.25) is 0 Å². The lowest BCUT2D eigenvalue weighted by Gasteiger charge is -2.08. The molecule has 20 heavy (non-hydrogen) atoms. The van der Waals surface area contributed by atoms with Gasteiger partial charge in [0.15, 0.2) is 0 Å². The van der Waals surface area contributed by atoms with E-state index in [9.17, 15) is 8.42 Å². The van der Waals surface area contributed by atoms with Crippen molar-refractivity contribution in [2.24, 2.45) is 0 Å². The molecule has 0 amide bonds. The highest BCUT2D eigenvalue weighted by Crippen LogP contribution is 2.29. The maximum atomic E-state index is 12.0. The average molecular weight is 373 g/mol. The molecule has 0 aliphatic rings. The number of nitrogens with zero attached hydrogens (tertiary/aromatic N) is 1. The van der Waals surface area contributed by atoms with E-state index in [1.165, 1.54) is 18.2 Å². The molecule has 0 N–H and O–H groups in total. The van der Waals surface area contributed by atoms with E-state index >= 15 is 0 Å². The van der Waals surface area contributed by atoms with Crippen LogP contribution in [0, 0.1) is 0 Å². The third-order valence-corrected chi connectivity index (χ3v) is 4.79. The topological polar surface area (TPSA) is 56.3 Å². The second-order valence-corrected chi connectivity index (χ2v) is 6.68. The number of pyridine rings is 1. The number of halogens is 4. The highest BCUT2D eigenvalue weighted by Gasteiger charge is 2.19. The third kappa shape index (κ3) is 3.48. The van der Waals surface area contributed by atoms with Crippen LogP contribution in [-0.2, 0) is 10.1 Å². The van der Waals surface area contributed by atoms with Crippen LogP contribution in [0.15, 0.2) is 35.4 Å². The van der Waals surface area contributed by atoms with Gasteiger partial charge in [0.1, 0.15) is 15.8 Å². The summed E-state index contributed by atoms with van der Waals surface area (Å²) in [5, 5.41) is 0.463. The van der Waals surface area contributed by atoms with Gasteiger partial charge in [0.2, 0.25) is 0 Å². The fourth-order valence-electron chi connectivity index (χ4n) is 1.24. The normalized spacial score (nSPS) is 11.4. The monoisotopic (exact) mass is 371 g/mol. The molecule has 0 atom stereocenters. The number of rotatable bonds is 3. The number of aromatic nitrogens is 1. The number of hydrogen-bond acceptors (Lipinski definition) is 4. The van der Waals surface area contributed by atoms with Crippen LogP contribution < -0.4 is 4.18 Å². The van der Waals surface area contributed by atoms with Crippen LogP contribution in [0.1, 0.15) is 0 Å². The van der Waals surface area contributed by atoms with Crippen molar-refractivity contribution >= 4 is 56.5 Å². The van der Waals surface area contributed by atoms with Gasteiger partial charge in [-0.15, -0.1) is 0 Å². The molecular formula is C11H5Cl4NO3S. The van der Waals surface area contributed by atoms with Crippen molar-refractivity contribution in [1.82, 2.24) is 4.98 Å². The van der Waals surface area contributed by atoms with Crippen molar-refractivity contribution in [3.8, 4) is 5.75 Å². The van der Waals surface area contributed by atoms with Crippen molar-refractivity contribution in [2.45, 2.75) is 4.90 Å². The fraction of sp³-hybridized carbons (Fsp3) is 0. The molecule has 2 rings (SSSR count). The summed E-state index contributed by atoms with van der Waals surface area (Å²) >= 11 is 22.8. The Morgan fingerprint density at radius 1 is 0.950 bits per heavy atom. The molecular weight excluding hydrogens is 368 g/mol. The zero-order valence-electron chi connectivity index (χ0n) is 9.48. The van der Waals surface area contributed by atoms with Crippen LogP contribution in [0.3, 0.4) is 0 Å². The average Bonchev–Trinajstić information content (AvgIpc) is 2.37. The fourth-order valence-corrected chi connectivity index (χ4v) is 2.76. The van der Waals surface area contributed by atoms with Crippen molar-refractivity contribution in [2.75, 3.05) is 0 Å². The lowest BCUT2D eigenvalue weighted by molar-refractivity contribution is 0.486. The van der Waals surface area contributed by atoms with Crippen molar-refractivity contribution in [1.29, 1.82) is 0 Å². The second-order valence-electron chi connectivity index (χ2n) is 3.56. The summed E-state index contributed by atoms with van der Waals surface area (Å²) in [6.07, 6.45) is 1.04. The van der Waals surface area contributed by atoms with Gasteiger partial charge in [0.05, 0.1) is 21.3 Å². The molecule has 0 radical (unpaired) electrons. The van der Waals surface area contributed by atoms with Gasteiger partial charge in [-0.2, -0.15) is 8.42 Å². The number of benzene rings is 1. The second kappa shape index (κ2) is 5.95. The standard InChI is InChI=1S/C11H5Cl4NO3S/c12-8-2-1-6(3-9(8)13)19-20(17,18)7-4-10(14)11(15)16-5-7/h1-5H. The molecule has 0 aliphatic heterocycles. The molecule has 4 nitrogen and oxygen atoms in total. The third-order valence-electron chi connectivity index (χ3n) is 2.16. The van der Waals surface area contributed by atoms with Gasteiger partial charge in [-0.1, -0.05) is 46.4 Å². The van der Waals surface area contributed by atoms with Gasteiger partial charge in [0, 0.05) is 6.07 Å². The Morgan fingerprint density at radius 3 is 2.25 bits per heavy atom. The maximum absolute atomic E-state index is 12.0. The lowest BCUT2D eigenvalue weighted by Crippen LogP contribution is -2.10. The Morgan fingerprint density at radius 2 is 1.65 bits per heavy atom. The minimum Gasteiger partial charge on any atom is -0.379 e. The van der Waals surface area contributed by atoms with E-state index in [1.807, 2.05) is 0 Å². The maximum Gasteiger partial charge on any atom is 0.340 e. The Kier molecular flexibility index (Phi) is 4.66. The largest absolute Gasteiger partial charge is 0.379 e. The van der Waals surface area contributed by atoms with Gasteiger partial charge >= 0.3 is 10.1 Å². The van der Waals surface area contributed by atoms with Crippen LogP contribution in [0.4, 0.5) is 0 Å². The molecule has 9 heteroatoms. The van der Waals surface area contributed by atoms with Crippen LogP contribution in [0.25, 0.3) is 0 Å². The first kappa shape index (κ1) is 15.7. The highest BCUT2D eigenvalue weighted by atomic mass is 35.5. The first-order chi connectivity index (χ1) is 9.29. The van der Waals surface area contributed by atoms with Gasteiger partial charge in [0.25, 0.3) is 0 Å². The van der Waals surface area contributed by atoms with E-state index < -0.39 is 10.1 Å². The molecule has 0 unspecified atom stereocenters. The molecule has 2 aromatic rings. The zero-order chi connectivity index (χ0) is 14.9. The van der Waals surface area contributed by atoms with E-state index in [-0.39, 0.29) is 30.9 Å². The van der Waals surface area contributed by atoms with E-state index in [0.717, 1.165) is 12.3 Å². The Bertz CT molecular complexity index is 764. The lowest BCUT2D eigenvalue weighted by atomic mass is 10.3. The van der Waals surface area contributed by atoms with E-state index in [4.69, 9.17) is 50.6 Å². The molecule has 0 spiro atoms. The van der Waals surface area contributed by atoms with Gasteiger partial charge < -0.3 is 4.18 Å². The van der Waals surface area contributed by atoms with Crippen LogP contribution in [0.2, 0.25) is 20.2 Å². The molecule has 1 heterocycles. The minimum absolute atomic E-state index is 0.000143. The first-order valence-corrected chi connectivity index (χ1v) is 7.92. The van der Waals surface area contributed by atoms with Crippen LogP contribution in [0.5, 0.6) is 5.75 Å². The predicted molar refractivity (Wildman–Crippen MR) is 78.5 cm³/mol. The minimum atomic E-state index is -4.09. The van der Waals surface area contributed by atoms with Crippen molar-refractivity contribution in [3.63, 3.8) is 0 Å². The summed E-state index contributed by atoms with van der Waals surface area (Å²) in [6.45, 7) is 0. The molecule has 0 aliphatic carbocycles. The number of hydrogen-bond donors (Lipinski definition) is 0. The van der Waals surface area contributed by atoms with Crippen LogP contribution in [-0.4, -0.2) is 13.4 Å². The summed E-state index contributed by atoms with van der Waals surface area (Å²) in [4.78, 5) is 3.42. The van der Waals surface area contributed by atoms with Crippen molar-refractivity contribution < 1.29 is 12.6 Å². The first-order valence-electron chi connectivity index (χ1n) is 5.00. The van der Waals surface area contributed by atoms with E-state index in [0.29, 0.717) is 0 Å². The molecule has 0 saturated carbocycles. The molecule has 1 aromatic heterocycles. The Labute approximate surface area is 135 Å². The molecule has 0 bridgehead atoms. The zero-order valence-corrected chi connectivity index (χ0v) is 13.3. The molecule has 1 aromatic carbocycles.